The second-order valence-corrected chi connectivity index (χ2v) is 7.17. The minimum atomic E-state index is 0.00566. The first-order valence-electron chi connectivity index (χ1n) is 7.95. The van der Waals surface area contributed by atoms with Crippen molar-refractivity contribution in [2.45, 2.75) is 90.3 Å². The number of rotatable bonds is 7. The van der Waals surface area contributed by atoms with Crippen LogP contribution in [0.4, 0.5) is 0 Å². The minimum absolute atomic E-state index is 0.00566. The molecule has 0 heterocycles. The van der Waals surface area contributed by atoms with Crippen LogP contribution in [0.2, 0.25) is 0 Å². The molecule has 1 aliphatic rings. The molecule has 0 aromatic rings. The molecule has 0 atom stereocenters. The monoisotopic (exact) mass is 270 g/mol. The van der Waals surface area contributed by atoms with Crippen molar-refractivity contribution in [3.8, 4) is 0 Å². The van der Waals surface area contributed by atoms with Gasteiger partial charge in [0.05, 0.1) is 11.6 Å². The lowest BCUT2D eigenvalue weighted by molar-refractivity contribution is -0.294. The largest absolute Gasteiger partial charge is 0.318 e. The lowest BCUT2D eigenvalue weighted by Gasteiger charge is -2.49. The Kier molecular flexibility index (Phi) is 6.28. The van der Waals surface area contributed by atoms with E-state index in [-0.39, 0.29) is 11.1 Å². The summed E-state index contributed by atoms with van der Waals surface area (Å²) in [6.45, 7) is 12.3. The molecule has 0 aromatic heterocycles. The van der Waals surface area contributed by atoms with Gasteiger partial charge in [-0.3, -0.25) is 4.84 Å². The molecule has 1 fully saturated rings. The van der Waals surface area contributed by atoms with Gasteiger partial charge in [0, 0.05) is 12.1 Å². The summed E-state index contributed by atoms with van der Waals surface area (Å²) in [5.41, 5.74) is 0.0729. The molecule has 3 heteroatoms. The molecule has 0 amide bonds. The van der Waals surface area contributed by atoms with Crippen LogP contribution in [0.3, 0.4) is 0 Å². The van der Waals surface area contributed by atoms with Crippen molar-refractivity contribution in [2.75, 3.05) is 13.6 Å². The lowest BCUT2D eigenvalue weighted by Crippen LogP contribution is -2.59. The Balaban J connectivity index is 2.79. The maximum absolute atomic E-state index is 6.46. The van der Waals surface area contributed by atoms with Crippen molar-refractivity contribution in [3.63, 3.8) is 0 Å². The predicted octanol–water partition coefficient (Wildman–Crippen LogP) is 3.74. The second kappa shape index (κ2) is 7.05. The lowest BCUT2D eigenvalue weighted by atomic mass is 9.93. The van der Waals surface area contributed by atoms with Crippen LogP contribution in [0.25, 0.3) is 0 Å². The number of nitrogens with zero attached hydrogens (tertiary/aromatic N) is 1. The van der Waals surface area contributed by atoms with E-state index in [4.69, 9.17) is 4.84 Å². The van der Waals surface area contributed by atoms with Crippen LogP contribution in [0.5, 0.6) is 0 Å². The summed E-state index contributed by atoms with van der Waals surface area (Å²) in [4.78, 5) is 6.46. The van der Waals surface area contributed by atoms with Gasteiger partial charge < -0.3 is 5.32 Å². The van der Waals surface area contributed by atoms with Crippen molar-refractivity contribution in [1.82, 2.24) is 10.4 Å². The third-order valence-electron chi connectivity index (χ3n) is 4.38. The van der Waals surface area contributed by atoms with Gasteiger partial charge >= 0.3 is 0 Å². The van der Waals surface area contributed by atoms with E-state index in [0.29, 0.717) is 6.10 Å². The van der Waals surface area contributed by atoms with Crippen molar-refractivity contribution in [3.05, 3.63) is 0 Å². The smallest absolute Gasteiger partial charge is 0.0793 e. The minimum Gasteiger partial charge on any atom is -0.318 e. The highest BCUT2D eigenvalue weighted by molar-refractivity contribution is 4.89. The standard InChI is InChI=1S/C16H34N2O/c1-7-15(2,3)18(16(4,5)13-17-6)19-14-11-9-8-10-12-14/h14,17H,7-13H2,1-6H3. The fourth-order valence-corrected chi connectivity index (χ4v) is 3.07. The Morgan fingerprint density at radius 3 is 2.11 bits per heavy atom. The van der Waals surface area contributed by atoms with Gasteiger partial charge in [-0.05, 0) is 54.0 Å². The molecule has 0 unspecified atom stereocenters. The van der Waals surface area contributed by atoms with Crippen molar-refractivity contribution < 1.29 is 4.84 Å². The fourth-order valence-electron chi connectivity index (χ4n) is 3.07. The van der Waals surface area contributed by atoms with Gasteiger partial charge in [-0.1, -0.05) is 26.2 Å². The first-order valence-corrected chi connectivity index (χ1v) is 7.95. The van der Waals surface area contributed by atoms with Crippen LogP contribution in [-0.4, -0.2) is 35.8 Å². The Labute approximate surface area is 120 Å². The summed E-state index contributed by atoms with van der Waals surface area (Å²) in [5, 5.41) is 5.57. The first kappa shape index (κ1) is 16.9. The molecule has 0 radical (unpaired) electrons. The van der Waals surface area contributed by atoms with Gasteiger partial charge in [0.1, 0.15) is 0 Å². The highest BCUT2D eigenvalue weighted by Crippen LogP contribution is 2.32. The topological polar surface area (TPSA) is 24.5 Å². The molecular formula is C16H34N2O. The summed E-state index contributed by atoms with van der Waals surface area (Å²) >= 11 is 0. The molecule has 3 nitrogen and oxygen atoms in total. The molecular weight excluding hydrogens is 236 g/mol. The Bertz CT molecular complexity index is 257. The molecule has 114 valence electrons. The van der Waals surface area contributed by atoms with Gasteiger partial charge in [0.25, 0.3) is 0 Å². The normalized spacial score (nSPS) is 19.1. The van der Waals surface area contributed by atoms with Gasteiger partial charge in [0.15, 0.2) is 0 Å². The zero-order valence-electron chi connectivity index (χ0n) is 13.9. The highest BCUT2D eigenvalue weighted by atomic mass is 16.7. The quantitative estimate of drug-likeness (QED) is 0.713. The predicted molar refractivity (Wildman–Crippen MR) is 82.2 cm³/mol. The Morgan fingerprint density at radius 1 is 1.05 bits per heavy atom. The molecule has 0 saturated heterocycles. The van der Waals surface area contributed by atoms with Crippen molar-refractivity contribution in [2.24, 2.45) is 0 Å². The number of hydroxylamine groups is 2. The summed E-state index contributed by atoms with van der Waals surface area (Å²) in [7, 11) is 2.01. The average molecular weight is 270 g/mol. The maximum atomic E-state index is 6.46. The fraction of sp³-hybridized carbons (Fsp3) is 1.00. The summed E-state index contributed by atoms with van der Waals surface area (Å²) in [6.07, 6.45) is 7.94. The Hall–Kier alpha value is -0.120. The molecule has 1 saturated carbocycles. The number of hydrogen-bond acceptors (Lipinski definition) is 3. The van der Waals surface area contributed by atoms with E-state index in [1.165, 1.54) is 32.1 Å². The Morgan fingerprint density at radius 2 is 1.63 bits per heavy atom. The third kappa shape index (κ3) is 4.73. The van der Waals surface area contributed by atoms with Crippen molar-refractivity contribution >= 4 is 0 Å². The molecule has 1 aliphatic carbocycles. The number of hydrogen-bond donors (Lipinski definition) is 1. The molecule has 0 spiro atoms. The second-order valence-electron chi connectivity index (χ2n) is 7.17. The first-order chi connectivity index (χ1) is 8.83. The number of nitrogens with one attached hydrogen (secondary N) is 1. The van der Waals surface area contributed by atoms with E-state index < -0.39 is 0 Å². The van der Waals surface area contributed by atoms with Crippen LogP contribution in [-0.2, 0) is 4.84 Å². The van der Waals surface area contributed by atoms with Gasteiger partial charge in [-0.15, -0.1) is 0 Å². The molecule has 19 heavy (non-hydrogen) atoms. The molecule has 0 bridgehead atoms. The van der Waals surface area contributed by atoms with E-state index in [0.717, 1.165) is 13.0 Å². The van der Waals surface area contributed by atoms with E-state index in [2.05, 4.69) is 45.0 Å². The highest BCUT2D eigenvalue weighted by Gasteiger charge is 2.39. The van der Waals surface area contributed by atoms with Crippen LogP contribution in [0.15, 0.2) is 0 Å². The zero-order valence-corrected chi connectivity index (χ0v) is 13.9. The third-order valence-corrected chi connectivity index (χ3v) is 4.38. The summed E-state index contributed by atoms with van der Waals surface area (Å²) in [5.74, 6) is 0. The maximum Gasteiger partial charge on any atom is 0.0793 e. The molecule has 1 N–H and O–H groups in total. The van der Waals surface area contributed by atoms with Gasteiger partial charge in [-0.25, -0.2) is 0 Å². The molecule has 1 rings (SSSR count). The van der Waals surface area contributed by atoms with Crippen LogP contribution in [0.1, 0.15) is 73.1 Å². The van der Waals surface area contributed by atoms with E-state index >= 15 is 0 Å². The van der Waals surface area contributed by atoms with Gasteiger partial charge in [-0.2, -0.15) is 5.06 Å². The van der Waals surface area contributed by atoms with Crippen molar-refractivity contribution in [1.29, 1.82) is 0 Å². The summed E-state index contributed by atoms with van der Waals surface area (Å²) in [6, 6.07) is 0. The molecule has 0 aromatic carbocycles. The zero-order chi connectivity index (χ0) is 14.5. The van der Waals surface area contributed by atoms with Gasteiger partial charge in [0.2, 0.25) is 0 Å². The van der Waals surface area contributed by atoms with Crippen LogP contribution >= 0.6 is 0 Å². The van der Waals surface area contributed by atoms with E-state index in [9.17, 15) is 0 Å². The summed E-state index contributed by atoms with van der Waals surface area (Å²) < 4.78 is 0. The average Bonchev–Trinajstić information content (AvgIpc) is 2.37. The van der Waals surface area contributed by atoms with E-state index in [1.807, 2.05) is 7.05 Å². The molecule has 0 aliphatic heterocycles. The van der Waals surface area contributed by atoms with Crippen LogP contribution < -0.4 is 5.32 Å². The number of likely N-dealkylation sites (N-methyl/N-ethyl adjacent to an activating group) is 1. The van der Waals surface area contributed by atoms with E-state index in [1.54, 1.807) is 0 Å². The van der Waals surface area contributed by atoms with Crippen LogP contribution in [0, 0.1) is 0 Å². The SMILES string of the molecule is CCC(C)(C)N(OC1CCCCC1)C(C)(C)CNC.